The standard InChI is InChI=1S/C30H33N2.C30H32N.C23H24NO.C23H24NS.C22H26N/c1-7-20(4)22-12-13-24-23(17-22)14-15-31(6)30(24)26-18-29-27(16-21(26)5)25-10-8-9-11-28(25)32(29)19(2)3;1-7-19(2)21-12-13-23-22(17-21)14-15-31(6)29(23)25-18-28-26(16-20(25)3)24-10-8-9-11-27(24)30(28,4)5;2*1-5-15(2)17-6-7-20-18(13-17)8-10-24(4)23(20)21-14-22-19(9-11-25-22)12-16(21)3;1-6-15(2)18-10-11-21-19(14-18)12-13-23(5)22(21)20-9-7-8-16(3)17(20)4/h8-20H,7H2,1-6H3;8-19H,7H2,1-6H3;2*6-15H,5H2,1-4H3;7-15H,6H2,1-5H3/q5*+1/i;;;;7D. The molecule has 0 N–H and O–H groups in total. The summed E-state index contributed by atoms with van der Waals surface area (Å²) >= 11 is 1.82. The van der Waals surface area contributed by atoms with E-state index in [1.807, 2.05) is 29.5 Å². The van der Waals surface area contributed by atoms with Gasteiger partial charge in [0, 0.05) is 73.7 Å². The molecule has 20 aromatic rings. The van der Waals surface area contributed by atoms with Gasteiger partial charge in [-0.25, -0.2) is 22.8 Å². The number of nitrogens with zero attached hydrogens (tertiary/aromatic N) is 6. The van der Waals surface area contributed by atoms with Gasteiger partial charge in [-0.2, -0.15) is 0 Å². The summed E-state index contributed by atoms with van der Waals surface area (Å²) in [7, 11) is 10.7. The molecule has 0 saturated carbocycles. The van der Waals surface area contributed by atoms with Crippen LogP contribution in [-0.4, -0.2) is 4.57 Å². The minimum absolute atomic E-state index is 0.0151. The van der Waals surface area contributed by atoms with Gasteiger partial charge in [-0.3, -0.25) is 0 Å². The van der Waals surface area contributed by atoms with Crippen molar-refractivity contribution in [2.45, 2.75) is 212 Å². The zero-order chi connectivity index (χ0) is 97.0. The van der Waals surface area contributed by atoms with Crippen molar-refractivity contribution in [3.63, 3.8) is 0 Å². The molecule has 8 heteroatoms. The summed E-state index contributed by atoms with van der Waals surface area (Å²) in [5.41, 5.74) is 36.7. The minimum atomic E-state index is 0.0151. The van der Waals surface area contributed by atoms with Crippen molar-refractivity contribution in [1.82, 2.24) is 4.57 Å². The van der Waals surface area contributed by atoms with Gasteiger partial charge in [-0.05, 0) is 335 Å². The highest BCUT2D eigenvalue weighted by atomic mass is 32.1. The Balaban J connectivity index is 0.000000119. The average Bonchev–Trinajstić information content (AvgIpc) is 1.60. The first kappa shape index (κ1) is 93.4. The summed E-state index contributed by atoms with van der Waals surface area (Å²) in [6, 6.07) is 91.4. The van der Waals surface area contributed by atoms with Gasteiger partial charge in [0.2, 0.25) is 28.5 Å². The summed E-state index contributed by atoms with van der Waals surface area (Å²) in [6.07, 6.45) is 18.5. The molecule has 5 atom stereocenters. The number of hydrogen-bond donors (Lipinski definition) is 0. The number of para-hydroxylation sites is 1. The first-order valence-electron chi connectivity index (χ1n) is 50.3. The van der Waals surface area contributed by atoms with Crippen LogP contribution >= 0.6 is 11.3 Å². The monoisotopic (exact) mass is 1810 g/mol. The van der Waals surface area contributed by atoms with Gasteiger partial charge in [0.25, 0.3) is 0 Å². The number of pyridine rings is 5. The molecule has 0 saturated heterocycles. The van der Waals surface area contributed by atoms with Crippen LogP contribution < -0.4 is 22.8 Å². The molecule has 0 fully saturated rings. The number of hydrogen-bond acceptors (Lipinski definition) is 2. The molecule has 688 valence electrons. The number of aromatic nitrogens is 6. The number of aryl methyl sites for hydroxylation is 10. The van der Waals surface area contributed by atoms with E-state index in [9.17, 15) is 0 Å². The smallest absolute Gasteiger partial charge is 0.220 e. The van der Waals surface area contributed by atoms with Crippen LogP contribution in [0.1, 0.15) is 238 Å². The Morgan fingerprint density at radius 3 is 1.15 bits per heavy atom. The summed E-state index contributed by atoms with van der Waals surface area (Å²) in [5.74, 6) is 2.93. The van der Waals surface area contributed by atoms with Crippen LogP contribution in [0.5, 0.6) is 0 Å². The van der Waals surface area contributed by atoms with Gasteiger partial charge in [-0.1, -0.05) is 204 Å². The normalized spacial score (nSPS) is 13.4. The van der Waals surface area contributed by atoms with Crippen molar-refractivity contribution in [3.05, 3.63) is 364 Å². The Morgan fingerprint density at radius 1 is 0.316 bits per heavy atom. The molecule has 8 aromatic heterocycles. The van der Waals surface area contributed by atoms with E-state index < -0.39 is 0 Å². The topological polar surface area (TPSA) is 37.5 Å². The van der Waals surface area contributed by atoms with Gasteiger partial charge in [-0.15, -0.1) is 11.3 Å². The van der Waals surface area contributed by atoms with E-state index in [1.165, 1.54) is 233 Å². The first-order valence-corrected chi connectivity index (χ1v) is 50.6. The molecule has 0 amide bonds. The van der Waals surface area contributed by atoms with E-state index in [0.717, 1.165) is 35.8 Å². The predicted octanol–water partition coefficient (Wildman–Crippen LogP) is 33.0. The van der Waals surface area contributed by atoms with Crippen LogP contribution in [0.3, 0.4) is 0 Å². The lowest BCUT2D eigenvalue weighted by Gasteiger charge is -2.22. The second-order valence-electron chi connectivity index (χ2n) is 40.1. The second-order valence-corrected chi connectivity index (χ2v) is 41.1. The van der Waals surface area contributed by atoms with Crippen molar-refractivity contribution in [2.24, 2.45) is 35.2 Å². The summed E-state index contributed by atoms with van der Waals surface area (Å²) in [6.45, 7) is 45.2. The third-order valence-corrected chi connectivity index (χ3v) is 31.5. The Bertz CT molecular complexity index is 7850. The maximum atomic E-state index is 8.11. The SMILES string of the molecule is CCC(C)c1ccc2c(-c3cc4c(cc3C)-c3ccccc3C4(C)C)[n+](C)ccc2c1.CCC(C)c1ccc2c(-c3cc4c(cc3C)c3ccccc3n4C(C)C)[n+](C)ccc2c1.CCC(C)c1ccc2c(-c3cc4occc4cc3C)[n+](C)ccc2c1.CCC(C)c1ccc2c(-c3cc4sccc4cc3C)[n+](C)ccc2c1.[2H]c1cc(C)c(C)c(-c2c3ccc(C(C)CC)cc3cc[n+]2C)c1. The van der Waals surface area contributed by atoms with Gasteiger partial charge in [0.1, 0.15) is 40.8 Å². The highest BCUT2D eigenvalue weighted by Crippen LogP contribution is 2.51. The molecule has 12 aromatic carbocycles. The quantitative estimate of drug-likeness (QED) is 0.0889. The van der Waals surface area contributed by atoms with Crippen molar-refractivity contribution in [2.75, 3.05) is 0 Å². The molecule has 21 rings (SSSR count). The van der Waals surface area contributed by atoms with Crippen LogP contribution in [-0.2, 0) is 40.7 Å². The number of thiophene rings is 1. The first-order chi connectivity index (χ1) is 65.8. The Kier molecular flexibility index (Phi) is 27.0. The second kappa shape index (κ2) is 39.4. The molecule has 0 spiro atoms. The molecule has 1 aliphatic rings. The fraction of sp³-hybridized carbons (Fsp3) is 0.289. The molecule has 136 heavy (non-hydrogen) atoms. The average molecular weight is 1810 g/mol. The van der Waals surface area contributed by atoms with Crippen molar-refractivity contribution >= 4 is 108 Å². The third-order valence-electron chi connectivity index (χ3n) is 30.6. The maximum Gasteiger partial charge on any atom is 0.220 e. The molecule has 5 unspecified atom stereocenters. The van der Waals surface area contributed by atoms with E-state index in [4.69, 9.17) is 5.79 Å². The highest BCUT2D eigenvalue weighted by Gasteiger charge is 2.37. The van der Waals surface area contributed by atoms with Crippen LogP contribution in [0.4, 0.5) is 0 Å². The summed E-state index contributed by atoms with van der Waals surface area (Å²) < 4.78 is 28.8. The highest BCUT2D eigenvalue weighted by molar-refractivity contribution is 7.17. The molecule has 8 heterocycles. The molecular formula is C128H139N6OS+5. The largest absolute Gasteiger partial charge is 0.464 e. The lowest BCUT2D eigenvalue weighted by molar-refractivity contribution is -0.659. The Hall–Kier alpha value is -13.0. The molecule has 1 aliphatic carbocycles. The van der Waals surface area contributed by atoms with Crippen LogP contribution in [0.2, 0.25) is 0 Å². The lowest BCUT2D eigenvalue weighted by Crippen LogP contribution is -2.31. The summed E-state index contributed by atoms with van der Waals surface area (Å²) in [5, 5.41) is 20.4. The van der Waals surface area contributed by atoms with Gasteiger partial charge in [0.05, 0.1) is 62.3 Å². The predicted molar refractivity (Wildman–Crippen MR) is 581 cm³/mol. The van der Waals surface area contributed by atoms with Crippen molar-refractivity contribution < 1.29 is 28.6 Å². The zero-order valence-corrected chi connectivity index (χ0v) is 86.0. The van der Waals surface area contributed by atoms with Crippen LogP contribution in [0.15, 0.2) is 296 Å². The summed E-state index contributed by atoms with van der Waals surface area (Å²) in [4.78, 5) is 0. The van der Waals surface area contributed by atoms with E-state index in [0.29, 0.717) is 41.7 Å². The zero-order valence-electron chi connectivity index (χ0n) is 86.1. The molecule has 0 aliphatic heterocycles. The van der Waals surface area contributed by atoms with Gasteiger partial charge >= 0.3 is 0 Å². The molecular weight excluding hydrogens is 1670 g/mol. The minimum Gasteiger partial charge on any atom is -0.464 e. The van der Waals surface area contributed by atoms with Gasteiger partial charge < -0.3 is 8.98 Å². The van der Waals surface area contributed by atoms with Gasteiger partial charge in [0.15, 0.2) is 31.0 Å². The van der Waals surface area contributed by atoms with E-state index >= 15 is 0 Å². The number of fused-ring (bicyclic) bond motifs is 13. The fourth-order valence-corrected chi connectivity index (χ4v) is 21.9. The van der Waals surface area contributed by atoms with Crippen molar-refractivity contribution in [3.8, 4) is 67.4 Å². The van der Waals surface area contributed by atoms with E-state index in [2.05, 4.69) is 462 Å². The Labute approximate surface area is 813 Å². The third kappa shape index (κ3) is 18.0. The number of rotatable bonds is 16. The maximum absolute atomic E-state index is 8.11. The van der Waals surface area contributed by atoms with Crippen LogP contribution in [0, 0.1) is 41.5 Å². The van der Waals surface area contributed by atoms with E-state index in [1.54, 1.807) is 6.26 Å². The molecule has 0 radical (unpaired) electrons. The molecule has 7 nitrogen and oxygen atoms in total. The molecule has 0 bridgehead atoms. The van der Waals surface area contributed by atoms with Crippen molar-refractivity contribution in [1.29, 1.82) is 0 Å². The Morgan fingerprint density at radius 2 is 0.706 bits per heavy atom. The van der Waals surface area contributed by atoms with E-state index in [-0.39, 0.29) is 5.41 Å². The number of benzene rings is 12. The fourth-order valence-electron chi connectivity index (χ4n) is 21.1. The van der Waals surface area contributed by atoms with Crippen LogP contribution in [0.25, 0.3) is 164 Å². The lowest BCUT2D eigenvalue weighted by atomic mass is 9.81. The number of furan rings is 1.